The Morgan fingerprint density at radius 1 is 1.12 bits per heavy atom. The van der Waals surface area contributed by atoms with Crippen molar-refractivity contribution in [2.45, 2.75) is 31.3 Å². The van der Waals surface area contributed by atoms with Gasteiger partial charge in [-0.3, -0.25) is 9.78 Å². The lowest BCUT2D eigenvalue weighted by Gasteiger charge is -2.41. The highest BCUT2D eigenvalue weighted by Gasteiger charge is 2.34. The second kappa shape index (κ2) is 13.8. The number of benzene rings is 2. The van der Waals surface area contributed by atoms with Crippen molar-refractivity contribution in [1.82, 2.24) is 29.7 Å². The van der Waals surface area contributed by atoms with Crippen molar-refractivity contribution in [2.24, 2.45) is 0 Å². The molecule has 7 rings (SSSR count). The number of aromatic nitrogens is 4. The number of likely N-dealkylation sites (N-methyl/N-ethyl adjacent to an activating group) is 1. The van der Waals surface area contributed by atoms with E-state index < -0.39 is 29.4 Å². The zero-order valence-electron chi connectivity index (χ0n) is 26.5. The van der Waals surface area contributed by atoms with E-state index in [2.05, 4.69) is 25.9 Å². The second-order valence-electron chi connectivity index (χ2n) is 12.1. The average Bonchev–Trinajstić information content (AvgIpc) is 3.78. The Morgan fingerprint density at radius 3 is 2.78 bits per heavy atom. The number of carbonyl (C=O) groups excluding carboxylic acids is 1. The molecule has 0 radical (unpaired) electrons. The Bertz CT molecular complexity index is 2100. The molecule has 2 aromatic carbocycles. The third-order valence-corrected chi connectivity index (χ3v) is 9.82. The van der Waals surface area contributed by atoms with Crippen molar-refractivity contribution in [3.63, 3.8) is 0 Å². The number of hydrogen-bond donors (Lipinski definition) is 0. The molecule has 2 atom stereocenters. The molecule has 5 aromatic rings. The van der Waals surface area contributed by atoms with Crippen LogP contribution in [0.5, 0.6) is 6.01 Å². The normalized spacial score (nSPS) is 18.7. The number of halogens is 3. The predicted molar refractivity (Wildman–Crippen MR) is 180 cm³/mol. The first kappa shape index (κ1) is 32.4. The van der Waals surface area contributed by atoms with Crippen LogP contribution < -0.4 is 9.64 Å². The zero-order valence-corrected chi connectivity index (χ0v) is 27.3. The van der Waals surface area contributed by atoms with E-state index in [9.17, 15) is 14.4 Å². The monoisotopic (exact) mass is 684 g/mol. The van der Waals surface area contributed by atoms with E-state index in [1.54, 1.807) is 23.6 Å². The molecule has 2 fully saturated rings. The molecule has 2 aliphatic rings. The third kappa shape index (κ3) is 6.51. The molecule has 2 aliphatic heterocycles. The SMILES string of the molecule is CN1CCCC1COc1nc(N2CCN(C(=O)/C(F)=C/c3nccs3)C(CC#N)C2)c2cnc(-c3cccc4ccc(F)cc34)c(F)c2n1. The van der Waals surface area contributed by atoms with Crippen LogP contribution >= 0.6 is 11.3 Å². The van der Waals surface area contributed by atoms with Crippen LogP contribution in [0.1, 0.15) is 24.3 Å². The largest absolute Gasteiger partial charge is 0.462 e. The van der Waals surface area contributed by atoms with Gasteiger partial charge >= 0.3 is 6.01 Å². The first-order chi connectivity index (χ1) is 23.8. The van der Waals surface area contributed by atoms with Gasteiger partial charge in [-0.05, 0) is 49.3 Å². The van der Waals surface area contributed by atoms with E-state index in [4.69, 9.17) is 9.72 Å². The predicted octanol–water partition coefficient (Wildman–Crippen LogP) is 5.99. The van der Waals surface area contributed by atoms with Crippen LogP contribution in [0.3, 0.4) is 0 Å². The molecular formula is C35H31F3N8O2S. The van der Waals surface area contributed by atoms with Gasteiger partial charge in [-0.15, -0.1) is 11.3 Å². The molecule has 10 nitrogen and oxygen atoms in total. The molecule has 0 N–H and O–H groups in total. The maximum Gasteiger partial charge on any atom is 0.319 e. The van der Waals surface area contributed by atoms with Crippen molar-refractivity contribution in [2.75, 3.05) is 44.7 Å². The summed E-state index contributed by atoms with van der Waals surface area (Å²) in [5.74, 6) is -2.68. The summed E-state index contributed by atoms with van der Waals surface area (Å²) in [6.45, 7) is 1.64. The summed E-state index contributed by atoms with van der Waals surface area (Å²) in [6, 6.07) is 11.1. The lowest BCUT2D eigenvalue weighted by molar-refractivity contribution is -0.131. The molecule has 5 heterocycles. The zero-order chi connectivity index (χ0) is 34.1. The first-order valence-electron chi connectivity index (χ1n) is 15.9. The van der Waals surface area contributed by atoms with Gasteiger partial charge in [0.1, 0.15) is 34.5 Å². The number of fused-ring (bicyclic) bond motifs is 2. The van der Waals surface area contributed by atoms with E-state index in [0.717, 1.165) is 30.8 Å². The number of likely N-dealkylation sites (tertiary alicyclic amines) is 1. The molecule has 0 saturated carbocycles. The number of nitrogens with zero attached hydrogens (tertiary/aromatic N) is 8. The fourth-order valence-electron chi connectivity index (χ4n) is 6.54. The standard InChI is InChI=1S/C35H31F3N8O2S/c1-44-12-3-5-24(44)20-48-35-42-32-27(18-41-31(30(32)38)25-6-2-4-21-7-8-22(36)16-26(21)25)33(43-35)45-13-14-46(23(19-45)9-10-39)34(47)28(37)17-29-40-11-15-49-29/h2,4,6-8,11,15-18,23-24H,3,5,9,12-14,19-20H2,1H3/b28-17-. The molecule has 0 aliphatic carbocycles. The fourth-order valence-corrected chi connectivity index (χ4v) is 7.09. The number of ether oxygens (including phenoxy) is 1. The minimum Gasteiger partial charge on any atom is -0.462 e. The van der Waals surface area contributed by atoms with E-state index in [1.807, 2.05) is 18.0 Å². The van der Waals surface area contributed by atoms with Crippen LogP contribution in [0.2, 0.25) is 0 Å². The van der Waals surface area contributed by atoms with Gasteiger partial charge in [0, 0.05) is 55.1 Å². The lowest BCUT2D eigenvalue weighted by Crippen LogP contribution is -2.55. The molecule has 0 spiro atoms. The van der Waals surface area contributed by atoms with Gasteiger partial charge in [-0.2, -0.15) is 15.2 Å². The Balaban J connectivity index is 1.27. The van der Waals surface area contributed by atoms with Crippen LogP contribution in [-0.4, -0.2) is 87.6 Å². The van der Waals surface area contributed by atoms with Crippen molar-refractivity contribution >= 4 is 50.8 Å². The molecule has 49 heavy (non-hydrogen) atoms. The number of hydrogen-bond acceptors (Lipinski definition) is 10. The first-order valence-corrected chi connectivity index (χ1v) is 16.8. The molecule has 250 valence electrons. The second-order valence-corrected chi connectivity index (χ2v) is 13.0. The Hall–Kier alpha value is -5.13. The maximum absolute atomic E-state index is 16.6. The number of nitriles is 1. The van der Waals surface area contributed by atoms with Crippen LogP contribution in [0.15, 0.2) is 60.0 Å². The number of carbonyl (C=O) groups is 1. The summed E-state index contributed by atoms with van der Waals surface area (Å²) in [5.41, 5.74) is 0.363. The van der Waals surface area contributed by atoms with Gasteiger partial charge in [0.05, 0.1) is 23.9 Å². The number of piperazine rings is 1. The third-order valence-electron chi connectivity index (χ3n) is 9.10. The van der Waals surface area contributed by atoms with Gasteiger partial charge in [-0.1, -0.05) is 24.3 Å². The molecule has 3 aromatic heterocycles. The fraction of sp³-hybridized carbons (Fsp3) is 0.314. The topological polar surface area (TPSA) is 111 Å². The molecule has 0 bridgehead atoms. The van der Waals surface area contributed by atoms with Crippen LogP contribution in [-0.2, 0) is 4.79 Å². The van der Waals surface area contributed by atoms with Crippen molar-refractivity contribution in [3.05, 3.63) is 76.6 Å². The summed E-state index contributed by atoms with van der Waals surface area (Å²) in [5, 5.41) is 13.2. The van der Waals surface area contributed by atoms with E-state index in [1.165, 1.54) is 40.8 Å². The van der Waals surface area contributed by atoms with Crippen molar-refractivity contribution in [3.8, 4) is 23.3 Å². The molecular weight excluding hydrogens is 654 g/mol. The van der Waals surface area contributed by atoms with E-state index in [-0.39, 0.29) is 49.3 Å². The molecule has 14 heteroatoms. The number of rotatable bonds is 8. The van der Waals surface area contributed by atoms with Crippen molar-refractivity contribution in [1.29, 1.82) is 5.26 Å². The van der Waals surface area contributed by atoms with Gasteiger partial charge in [0.2, 0.25) is 0 Å². The van der Waals surface area contributed by atoms with Gasteiger partial charge < -0.3 is 19.4 Å². The average molecular weight is 685 g/mol. The Kier molecular flexibility index (Phi) is 9.11. The highest BCUT2D eigenvalue weighted by molar-refractivity contribution is 7.10. The summed E-state index contributed by atoms with van der Waals surface area (Å²) in [7, 11) is 2.02. The highest BCUT2D eigenvalue weighted by Crippen LogP contribution is 2.36. The summed E-state index contributed by atoms with van der Waals surface area (Å²) >= 11 is 1.20. The summed E-state index contributed by atoms with van der Waals surface area (Å²) in [4.78, 5) is 36.3. The maximum atomic E-state index is 16.6. The quantitative estimate of drug-likeness (QED) is 0.182. The summed E-state index contributed by atoms with van der Waals surface area (Å²) in [6.07, 6.45) is 5.99. The minimum absolute atomic E-state index is 0.00454. The Morgan fingerprint density at radius 2 is 2.00 bits per heavy atom. The van der Waals surface area contributed by atoms with E-state index in [0.29, 0.717) is 33.8 Å². The molecule has 2 saturated heterocycles. The van der Waals surface area contributed by atoms with Gasteiger partial charge in [0.15, 0.2) is 11.6 Å². The summed E-state index contributed by atoms with van der Waals surface area (Å²) < 4.78 is 52.1. The minimum atomic E-state index is -0.974. The molecule has 1 amide bonds. The number of amides is 1. The smallest absolute Gasteiger partial charge is 0.319 e. The van der Waals surface area contributed by atoms with Crippen LogP contribution in [0.4, 0.5) is 19.0 Å². The molecule has 2 unspecified atom stereocenters. The Labute approximate surface area is 284 Å². The van der Waals surface area contributed by atoms with Crippen LogP contribution in [0.25, 0.3) is 39.0 Å². The van der Waals surface area contributed by atoms with Gasteiger partial charge in [-0.25, -0.2) is 18.2 Å². The van der Waals surface area contributed by atoms with Crippen LogP contribution in [0, 0.1) is 23.0 Å². The number of thiazole rings is 1. The van der Waals surface area contributed by atoms with E-state index >= 15 is 8.78 Å². The van der Waals surface area contributed by atoms with Crippen molar-refractivity contribution < 1.29 is 22.7 Å². The number of pyridine rings is 1. The lowest BCUT2D eigenvalue weighted by atomic mass is 10.0. The van der Waals surface area contributed by atoms with Gasteiger partial charge in [0.25, 0.3) is 5.91 Å². The number of anilines is 1. The highest BCUT2D eigenvalue weighted by atomic mass is 32.1.